The van der Waals surface area contributed by atoms with Gasteiger partial charge in [-0.1, -0.05) is 57.9 Å². The fourth-order valence-corrected chi connectivity index (χ4v) is 7.60. The Labute approximate surface area is 295 Å². The number of nitrogens with two attached hydrogens (primary N) is 4. The highest BCUT2D eigenvalue weighted by atomic mass is 16.2. The molecule has 14 heteroatoms. The highest BCUT2D eigenvalue weighted by molar-refractivity contribution is 5.96. The van der Waals surface area contributed by atoms with E-state index < -0.39 is 47.9 Å². The molecule has 0 spiro atoms. The summed E-state index contributed by atoms with van der Waals surface area (Å²) in [5, 5.41) is 5.42. The number of nitrogens with zero attached hydrogens (tertiary/aromatic N) is 3. The molecule has 276 valence electrons. The third-order valence-electron chi connectivity index (χ3n) is 10.4. The van der Waals surface area contributed by atoms with E-state index in [0.29, 0.717) is 45.2 Å². The second-order valence-electron chi connectivity index (χ2n) is 15.2. The summed E-state index contributed by atoms with van der Waals surface area (Å²) in [6.07, 6.45) is 6.44. The first kappa shape index (κ1) is 38.6. The van der Waals surface area contributed by atoms with Crippen LogP contribution in [-0.4, -0.2) is 94.6 Å². The van der Waals surface area contributed by atoms with Gasteiger partial charge in [0.25, 0.3) is 0 Å². The molecule has 2 aliphatic heterocycles. The summed E-state index contributed by atoms with van der Waals surface area (Å²) in [6.45, 7) is 8.58. The van der Waals surface area contributed by atoms with Crippen LogP contribution in [0.2, 0.25) is 0 Å². The van der Waals surface area contributed by atoms with Crippen molar-refractivity contribution in [3.63, 3.8) is 0 Å². The van der Waals surface area contributed by atoms with Crippen LogP contribution >= 0.6 is 0 Å². The Morgan fingerprint density at radius 3 is 2.26 bits per heavy atom. The van der Waals surface area contributed by atoms with Crippen molar-refractivity contribution in [1.82, 2.24) is 20.4 Å². The van der Waals surface area contributed by atoms with Gasteiger partial charge in [-0.15, -0.1) is 0 Å². The second-order valence-corrected chi connectivity index (χ2v) is 15.2. The highest BCUT2D eigenvalue weighted by Crippen LogP contribution is 2.41. The molecule has 2 heterocycles. The Morgan fingerprint density at radius 1 is 0.940 bits per heavy atom. The summed E-state index contributed by atoms with van der Waals surface area (Å²) >= 11 is 0. The van der Waals surface area contributed by atoms with Crippen molar-refractivity contribution >= 4 is 35.5 Å². The molecule has 0 unspecified atom stereocenters. The van der Waals surface area contributed by atoms with E-state index in [0.717, 1.165) is 36.8 Å². The molecule has 1 aromatic rings. The third-order valence-corrected chi connectivity index (χ3v) is 10.4. The number of fused-ring (bicyclic) bond motifs is 1. The molecule has 50 heavy (non-hydrogen) atoms. The van der Waals surface area contributed by atoms with Crippen LogP contribution in [0.3, 0.4) is 0 Å². The topological polar surface area (TPSA) is 232 Å². The smallest absolute Gasteiger partial charge is 0.246 e. The van der Waals surface area contributed by atoms with Gasteiger partial charge >= 0.3 is 0 Å². The van der Waals surface area contributed by atoms with E-state index in [9.17, 15) is 24.0 Å². The Bertz CT molecular complexity index is 1420. The molecule has 1 aromatic carbocycles. The van der Waals surface area contributed by atoms with Crippen LogP contribution in [-0.2, 0) is 35.8 Å². The van der Waals surface area contributed by atoms with Crippen molar-refractivity contribution in [2.24, 2.45) is 33.8 Å². The van der Waals surface area contributed by atoms with Gasteiger partial charge in [0.1, 0.15) is 24.2 Å². The first-order chi connectivity index (χ1) is 23.6. The summed E-state index contributed by atoms with van der Waals surface area (Å²) in [6, 6.07) is 3.48. The van der Waals surface area contributed by atoms with Crippen LogP contribution in [0.25, 0.3) is 0 Å². The predicted molar refractivity (Wildman–Crippen MR) is 191 cm³/mol. The zero-order valence-electron chi connectivity index (χ0n) is 30.0. The number of rotatable bonds is 13. The zero-order chi connectivity index (χ0) is 36.7. The standard InChI is InChI=1S/C36H57N9O5/c1-21(31(47)43-26(30(38)46)19-22-13-15-24(16-14-22)36(2,3)4)42-32(48)28-12-8-18-44(28)34(50)29-20-23-9-5-6-11-27(23)45(29)33(49)25(37)10-7-17-41-35(39)40/h13-16,21,23,25-29H,5-12,17-20,37H2,1-4H3,(H2,38,46)(H,42,48)(H,43,47)(H4,39,40,41)/t21-,23+,25-,26+,27+,28+,29+/m1/s1. The summed E-state index contributed by atoms with van der Waals surface area (Å²) in [7, 11) is 0. The Morgan fingerprint density at radius 2 is 1.62 bits per heavy atom. The minimum Gasteiger partial charge on any atom is -0.370 e. The number of benzene rings is 1. The second kappa shape index (κ2) is 16.7. The maximum absolute atomic E-state index is 14.2. The Kier molecular flexibility index (Phi) is 12.9. The Balaban J connectivity index is 1.39. The molecule has 0 radical (unpaired) electrons. The van der Waals surface area contributed by atoms with E-state index in [-0.39, 0.29) is 41.6 Å². The molecule has 4 rings (SSSR count). The largest absolute Gasteiger partial charge is 0.370 e. The number of primary amides is 1. The maximum Gasteiger partial charge on any atom is 0.246 e. The van der Waals surface area contributed by atoms with Crippen molar-refractivity contribution in [2.75, 3.05) is 13.1 Å². The SMILES string of the molecule is C[C@@H](NC(=O)[C@@H]1CCCN1C(=O)[C@@H]1C[C@@H]2CCCC[C@@H]2N1C(=O)[C@H](N)CCCN=C(N)N)C(=O)N[C@@H](Cc1ccc(C(C)(C)C)cc1)C(N)=O. The molecule has 2 saturated heterocycles. The first-order valence-corrected chi connectivity index (χ1v) is 18.0. The van der Waals surface area contributed by atoms with Crippen molar-refractivity contribution in [3.05, 3.63) is 35.4 Å². The predicted octanol–water partition coefficient (Wildman–Crippen LogP) is 0.533. The number of hydrogen-bond donors (Lipinski definition) is 6. The first-order valence-electron chi connectivity index (χ1n) is 18.0. The number of nitrogens with one attached hydrogen (secondary N) is 2. The lowest BCUT2D eigenvalue weighted by molar-refractivity contribution is -0.149. The van der Waals surface area contributed by atoms with Crippen molar-refractivity contribution in [2.45, 2.75) is 134 Å². The van der Waals surface area contributed by atoms with E-state index in [1.807, 2.05) is 24.3 Å². The number of hydrogen-bond acceptors (Lipinski definition) is 7. The number of guanidine groups is 1. The van der Waals surface area contributed by atoms with Crippen LogP contribution in [0.1, 0.15) is 96.6 Å². The lowest BCUT2D eigenvalue weighted by Gasteiger charge is -2.37. The van der Waals surface area contributed by atoms with Crippen LogP contribution in [0, 0.1) is 5.92 Å². The van der Waals surface area contributed by atoms with Gasteiger partial charge in [-0.3, -0.25) is 29.0 Å². The summed E-state index contributed by atoms with van der Waals surface area (Å²) < 4.78 is 0. The molecular weight excluding hydrogens is 638 g/mol. The molecule has 0 bridgehead atoms. The van der Waals surface area contributed by atoms with Crippen LogP contribution in [0.15, 0.2) is 29.3 Å². The number of likely N-dealkylation sites (tertiary alicyclic amines) is 2. The molecule has 10 N–H and O–H groups in total. The molecule has 0 aromatic heterocycles. The molecule has 3 aliphatic rings. The van der Waals surface area contributed by atoms with Gasteiger partial charge < -0.3 is 43.4 Å². The van der Waals surface area contributed by atoms with E-state index in [2.05, 4.69) is 36.4 Å². The minimum absolute atomic E-state index is 0.0213. The molecule has 5 amide bonds. The fraction of sp³-hybridized carbons (Fsp3) is 0.667. The lowest BCUT2D eigenvalue weighted by atomic mass is 9.84. The van der Waals surface area contributed by atoms with Gasteiger partial charge in [-0.05, 0) is 74.3 Å². The van der Waals surface area contributed by atoms with Gasteiger partial charge in [0.05, 0.1) is 6.04 Å². The number of aliphatic imine (C=N–C) groups is 1. The fourth-order valence-electron chi connectivity index (χ4n) is 7.60. The van der Waals surface area contributed by atoms with Gasteiger partial charge in [0.2, 0.25) is 29.5 Å². The highest BCUT2D eigenvalue weighted by Gasteiger charge is 2.51. The average molecular weight is 696 g/mol. The summed E-state index contributed by atoms with van der Waals surface area (Å²) in [5.41, 5.74) is 24.8. The van der Waals surface area contributed by atoms with E-state index in [1.165, 1.54) is 6.92 Å². The van der Waals surface area contributed by atoms with Crippen LogP contribution < -0.4 is 33.6 Å². The molecule has 1 aliphatic carbocycles. The van der Waals surface area contributed by atoms with Crippen molar-refractivity contribution in [3.8, 4) is 0 Å². The normalized spacial score (nSPS) is 23.7. The number of carbonyl (C=O) groups is 5. The van der Waals surface area contributed by atoms with Crippen molar-refractivity contribution in [1.29, 1.82) is 0 Å². The summed E-state index contributed by atoms with van der Waals surface area (Å²) in [4.78, 5) is 74.3. The van der Waals surface area contributed by atoms with E-state index >= 15 is 0 Å². The van der Waals surface area contributed by atoms with Gasteiger partial charge in [-0.25, -0.2) is 0 Å². The van der Waals surface area contributed by atoms with Gasteiger partial charge in [0.15, 0.2) is 5.96 Å². The van der Waals surface area contributed by atoms with Gasteiger partial charge in [-0.2, -0.15) is 0 Å². The zero-order valence-corrected chi connectivity index (χ0v) is 30.0. The van der Waals surface area contributed by atoms with Crippen LogP contribution in [0.4, 0.5) is 0 Å². The monoisotopic (exact) mass is 695 g/mol. The molecule has 3 fully saturated rings. The minimum atomic E-state index is -0.991. The quantitative estimate of drug-likeness (QED) is 0.0966. The molecular formula is C36H57N9O5. The van der Waals surface area contributed by atoms with Gasteiger partial charge in [0, 0.05) is 25.6 Å². The molecule has 1 saturated carbocycles. The Hall–Kier alpha value is -4.20. The van der Waals surface area contributed by atoms with Crippen molar-refractivity contribution < 1.29 is 24.0 Å². The van der Waals surface area contributed by atoms with E-state index in [4.69, 9.17) is 22.9 Å². The number of amides is 5. The lowest BCUT2D eigenvalue weighted by Crippen LogP contribution is -2.58. The molecule has 14 nitrogen and oxygen atoms in total. The maximum atomic E-state index is 14.2. The van der Waals surface area contributed by atoms with Crippen LogP contribution in [0.5, 0.6) is 0 Å². The summed E-state index contributed by atoms with van der Waals surface area (Å²) in [5.74, 6) is -2.06. The van der Waals surface area contributed by atoms with E-state index in [1.54, 1.807) is 9.80 Å². The average Bonchev–Trinajstić information content (AvgIpc) is 3.71. The third kappa shape index (κ3) is 9.52. The molecule has 7 atom stereocenters. The number of carbonyl (C=O) groups excluding carboxylic acids is 5.